The van der Waals surface area contributed by atoms with E-state index in [0.717, 1.165) is 12.0 Å². The molecular weight excluding hydrogens is 218 g/mol. The van der Waals surface area contributed by atoms with Gasteiger partial charge in [0, 0.05) is 6.54 Å². The number of aromatic nitrogens is 2. The summed E-state index contributed by atoms with van der Waals surface area (Å²) in [6.45, 7) is 6.54. The first-order chi connectivity index (χ1) is 8.04. The van der Waals surface area contributed by atoms with Crippen molar-refractivity contribution >= 4 is 5.82 Å². The average Bonchev–Trinajstić information content (AvgIpc) is 2.27. The predicted molar refractivity (Wildman–Crippen MR) is 67.3 cm³/mol. The molecule has 0 aliphatic carbocycles. The molecule has 0 bridgehead atoms. The van der Waals surface area contributed by atoms with Crippen molar-refractivity contribution in [2.24, 2.45) is 5.92 Å². The highest BCUT2D eigenvalue weighted by Gasteiger charge is 2.10. The van der Waals surface area contributed by atoms with Gasteiger partial charge in [-0.05, 0) is 19.3 Å². The number of hydrogen-bond acceptors (Lipinski definition) is 5. The van der Waals surface area contributed by atoms with Gasteiger partial charge in [-0.1, -0.05) is 13.8 Å². The van der Waals surface area contributed by atoms with Crippen LogP contribution in [0.15, 0.2) is 6.33 Å². The Bertz CT molecular complexity index is 356. The Morgan fingerprint density at radius 1 is 1.41 bits per heavy atom. The maximum absolute atomic E-state index is 9.76. The average molecular weight is 239 g/mol. The van der Waals surface area contributed by atoms with E-state index in [2.05, 4.69) is 29.1 Å². The molecule has 0 aromatic carbocycles. The van der Waals surface area contributed by atoms with Crippen LogP contribution in [0.2, 0.25) is 0 Å². The van der Waals surface area contributed by atoms with Gasteiger partial charge in [-0.3, -0.25) is 0 Å². The van der Waals surface area contributed by atoms with E-state index in [1.54, 1.807) is 7.11 Å². The normalized spacial score (nSPS) is 12.6. The SMILES string of the molecule is COc1ncnc(NCC(O)CC(C)C)c1C. The quantitative estimate of drug-likeness (QED) is 0.789. The van der Waals surface area contributed by atoms with Gasteiger partial charge >= 0.3 is 0 Å². The molecule has 1 atom stereocenters. The van der Waals surface area contributed by atoms with E-state index in [0.29, 0.717) is 24.2 Å². The number of nitrogens with zero attached hydrogens (tertiary/aromatic N) is 2. The number of hydrogen-bond donors (Lipinski definition) is 2. The second kappa shape index (κ2) is 6.39. The first-order valence-electron chi connectivity index (χ1n) is 5.82. The number of aliphatic hydroxyl groups excluding tert-OH is 1. The van der Waals surface area contributed by atoms with Crippen LogP contribution in [0.4, 0.5) is 5.82 Å². The summed E-state index contributed by atoms with van der Waals surface area (Å²) in [5.41, 5.74) is 0.853. The highest BCUT2D eigenvalue weighted by molar-refractivity contribution is 5.47. The molecule has 1 unspecified atom stereocenters. The largest absolute Gasteiger partial charge is 0.481 e. The molecule has 0 aliphatic rings. The number of rotatable bonds is 6. The Kier molecular flexibility index (Phi) is 5.15. The lowest BCUT2D eigenvalue weighted by atomic mass is 10.1. The first-order valence-corrected chi connectivity index (χ1v) is 5.82. The number of anilines is 1. The van der Waals surface area contributed by atoms with Crippen LogP contribution in [0.5, 0.6) is 5.88 Å². The smallest absolute Gasteiger partial charge is 0.221 e. The van der Waals surface area contributed by atoms with Gasteiger partial charge in [0.1, 0.15) is 12.1 Å². The Hall–Kier alpha value is -1.36. The van der Waals surface area contributed by atoms with Gasteiger partial charge in [0.25, 0.3) is 0 Å². The minimum absolute atomic E-state index is 0.365. The third-order valence-electron chi connectivity index (χ3n) is 2.48. The lowest BCUT2D eigenvalue weighted by Gasteiger charge is -2.15. The van der Waals surface area contributed by atoms with Gasteiger partial charge in [-0.2, -0.15) is 0 Å². The van der Waals surface area contributed by atoms with E-state index in [1.165, 1.54) is 6.33 Å². The van der Waals surface area contributed by atoms with Crippen LogP contribution in [0.1, 0.15) is 25.8 Å². The van der Waals surface area contributed by atoms with E-state index in [1.807, 2.05) is 6.92 Å². The fourth-order valence-corrected chi connectivity index (χ4v) is 1.66. The lowest BCUT2D eigenvalue weighted by molar-refractivity contribution is 0.161. The molecule has 5 heteroatoms. The van der Waals surface area contributed by atoms with Gasteiger partial charge < -0.3 is 15.2 Å². The Labute approximate surface area is 102 Å². The molecule has 96 valence electrons. The van der Waals surface area contributed by atoms with Gasteiger partial charge in [0.2, 0.25) is 5.88 Å². The zero-order valence-corrected chi connectivity index (χ0v) is 10.9. The summed E-state index contributed by atoms with van der Waals surface area (Å²) in [6, 6.07) is 0. The molecule has 0 saturated carbocycles. The minimum Gasteiger partial charge on any atom is -0.481 e. The van der Waals surface area contributed by atoms with Gasteiger partial charge in [0.15, 0.2) is 0 Å². The van der Waals surface area contributed by atoms with Crippen LogP contribution in [0, 0.1) is 12.8 Å². The third kappa shape index (κ3) is 4.19. The highest BCUT2D eigenvalue weighted by Crippen LogP contribution is 2.19. The summed E-state index contributed by atoms with van der Waals surface area (Å²) in [4.78, 5) is 8.12. The third-order valence-corrected chi connectivity index (χ3v) is 2.48. The molecule has 5 nitrogen and oxygen atoms in total. The highest BCUT2D eigenvalue weighted by atomic mass is 16.5. The van der Waals surface area contributed by atoms with Crippen molar-refractivity contribution in [1.82, 2.24) is 9.97 Å². The Balaban J connectivity index is 2.57. The second-order valence-corrected chi connectivity index (χ2v) is 4.52. The monoisotopic (exact) mass is 239 g/mol. The number of aliphatic hydroxyl groups is 1. The molecule has 0 spiro atoms. The van der Waals surface area contributed by atoms with Crippen molar-refractivity contribution in [1.29, 1.82) is 0 Å². The molecule has 2 N–H and O–H groups in total. The minimum atomic E-state index is -0.365. The second-order valence-electron chi connectivity index (χ2n) is 4.52. The molecule has 1 aromatic heterocycles. The van der Waals surface area contributed by atoms with Crippen molar-refractivity contribution < 1.29 is 9.84 Å². The summed E-state index contributed by atoms with van der Waals surface area (Å²) in [6.07, 6.45) is 1.85. The van der Waals surface area contributed by atoms with E-state index in [-0.39, 0.29) is 6.10 Å². The molecule has 1 rings (SSSR count). The van der Waals surface area contributed by atoms with Crippen molar-refractivity contribution in [2.75, 3.05) is 19.0 Å². The number of ether oxygens (including phenoxy) is 1. The summed E-state index contributed by atoms with van der Waals surface area (Å²) in [5, 5.41) is 12.9. The molecule has 0 fully saturated rings. The Morgan fingerprint density at radius 2 is 2.12 bits per heavy atom. The lowest BCUT2D eigenvalue weighted by Crippen LogP contribution is -2.22. The van der Waals surface area contributed by atoms with Gasteiger partial charge in [0.05, 0.1) is 18.8 Å². The summed E-state index contributed by atoms with van der Waals surface area (Å²) in [5.74, 6) is 1.74. The first kappa shape index (κ1) is 13.7. The molecular formula is C12H21N3O2. The Morgan fingerprint density at radius 3 is 2.71 bits per heavy atom. The fourth-order valence-electron chi connectivity index (χ4n) is 1.66. The van der Waals surface area contributed by atoms with E-state index < -0.39 is 0 Å². The molecule has 1 aromatic rings. The zero-order chi connectivity index (χ0) is 12.8. The van der Waals surface area contributed by atoms with Gasteiger partial charge in [-0.15, -0.1) is 0 Å². The molecule has 0 amide bonds. The standard InChI is InChI=1S/C12H21N3O2/c1-8(2)5-10(16)6-13-11-9(3)12(17-4)15-7-14-11/h7-8,10,16H,5-6H2,1-4H3,(H,13,14,15). The molecule has 0 radical (unpaired) electrons. The summed E-state index contributed by atoms with van der Waals surface area (Å²) >= 11 is 0. The topological polar surface area (TPSA) is 67.3 Å². The van der Waals surface area contributed by atoms with Crippen LogP contribution in [0.3, 0.4) is 0 Å². The van der Waals surface area contributed by atoms with Crippen molar-refractivity contribution in [2.45, 2.75) is 33.3 Å². The number of nitrogens with one attached hydrogen (secondary N) is 1. The van der Waals surface area contributed by atoms with E-state index in [9.17, 15) is 5.11 Å². The molecule has 0 saturated heterocycles. The van der Waals surface area contributed by atoms with Gasteiger partial charge in [-0.25, -0.2) is 9.97 Å². The van der Waals surface area contributed by atoms with Crippen molar-refractivity contribution in [3.05, 3.63) is 11.9 Å². The van der Waals surface area contributed by atoms with Crippen LogP contribution in [-0.2, 0) is 0 Å². The van der Waals surface area contributed by atoms with Crippen molar-refractivity contribution in [3.63, 3.8) is 0 Å². The van der Waals surface area contributed by atoms with E-state index in [4.69, 9.17) is 4.74 Å². The van der Waals surface area contributed by atoms with Crippen LogP contribution in [-0.4, -0.2) is 34.8 Å². The maximum Gasteiger partial charge on any atom is 0.221 e. The molecule has 17 heavy (non-hydrogen) atoms. The molecule has 1 heterocycles. The summed E-state index contributed by atoms with van der Waals surface area (Å²) in [7, 11) is 1.58. The van der Waals surface area contributed by atoms with Crippen LogP contribution >= 0.6 is 0 Å². The maximum atomic E-state index is 9.76. The molecule has 0 aliphatic heterocycles. The fraction of sp³-hybridized carbons (Fsp3) is 0.667. The van der Waals surface area contributed by atoms with Crippen molar-refractivity contribution in [3.8, 4) is 5.88 Å². The van der Waals surface area contributed by atoms with Crippen LogP contribution in [0.25, 0.3) is 0 Å². The van der Waals surface area contributed by atoms with E-state index >= 15 is 0 Å². The summed E-state index contributed by atoms with van der Waals surface area (Å²) < 4.78 is 5.10. The predicted octanol–water partition coefficient (Wildman–Crippen LogP) is 1.61. The number of methoxy groups -OCH3 is 1. The zero-order valence-electron chi connectivity index (χ0n) is 10.9. The van der Waals surface area contributed by atoms with Crippen LogP contribution < -0.4 is 10.1 Å².